The first-order chi connectivity index (χ1) is 7.77. The Morgan fingerprint density at radius 3 is 2.75 bits per heavy atom. The number of ether oxygens (including phenoxy) is 1. The Kier molecular flexibility index (Phi) is 5.72. The molecule has 0 aliphatic heterocycles. The van der Waals surface area contributed by atoms with Crippen LogP contribution in [0.2, 0.25) is 0 Å². The third-order valence-corrected chi connectivity index (χ3v) is 2.69. The Morgan fingerprint density at radius 1 is 1.25 bits per heavy atom. The number of nitrogens with zero attached hydrogens (tertiary/aromatic N) is 1. The quantitative estimate of drug-likeness (QED) is 0.719. The zero-order valence-electron chi connectivity index (χ0n) is 10.3. The fraction of sp³-hybridized carbons (Fsp3) is 0.538. The van der Waals surface area contributed by atoms with Gasteiger partial charge in [-0.2, -0.15) is 0 Å². The van der Waals surface area contributed by atoms with Crippen LogP contribution in [0.15, 0.2) is 24.3 Å². The van der Waals surface area contributed by atoms with Crippen molar-refractivity contribution in [1.82, 2.24) is 0 Å². The highest BCUT2D eigenvalue weighted by molar-refractivity contribution is 5.49. The Morgan fingerprint density at radius 2 is 2.06 bits per heavy atom. The minimum Gasteiger partial charge on any atom is -0.497 e. The Hall–Kier alpha value is -1.22. The molecule has 0 radical (unpaired) electrons. The first-order valence-electron chi connectivity index (χ1n) is 5.83. The van der Waals surface area contributed by atoms with E-state index in [0.717, 1.165) is 25.3 Å². The third kappa shape index (κ3) is 4.11. The molecular formula is C13H22N2O. The number of hydrogen-bond acceptors (Lipinski definition) is 3. The molecule has 0 bridgehead atoms. The molecule has 0 atom stereocenters. The summed E-state index contributed by atoms with van der Waals surface area (Å²) in [4.78, 5) is 2.25. The average molecular weight is 222 g/mol. The molecule has 3 heteroatoms. The highest BCUT2D eigenvalue weighted by atomic mass is 16.5. The van der Waals surface area contributed by atoms with Crippen LogP contribution in [0.25, 0.3) is 0 Å². The van der Waals surface area contributed by atoms with Gasteiger partial charge in [0.25, 0.3) is 0 Å². The van der Waals surface area contributed by atoms with E-state index in [1.165, 1.54) is 18.5 Å². The van der Waals surface area contributed by atoms with E-state index < -0.39 is 0 Å². The van der Waals surface area contributed by atoms with E-state index in [0.29, 0.717) is 0 Å². The largest absolute Gasteiger partial charge is 0.497 e. The third-order valence-electron chi connectivity index (χ3n) is 2.69. The number of unbranched alkanes of at least 4 members (excludes halogenated alkanes) is 2. The average Bonchev–Trinajstić information content (AvgIpc) is 2.34. The summed E-state index contributed by atoms with van der Waals surface area (Å²) in [5.74, 6) is 0.909. The Bertz CT molecular complexity index is 302. The normalized spacial score (nSPS) is 10.2. The fourth-order valence-corrected chi connectivity index (χ4v) is 1.65. The highest BCUT2D eigenvalue weighted by Crippen LogP contribution is 2.20. The van der Waals surface area contributed by atoms with E-state index in [2.05, 4.69) is 24.1 Å². The molecule has 0 fully saturated rings. The summed E-state index contributed by atoms with van der Waals surface area (Å²) >= 11 is 0. The summed E-state index contributed by atoms with van der Waals surface area (Å²) in [6.45, 7) is 1.86. The summed E-state index contributed by atoms with van der Waals surface area (Å²) < 4.78 is 5.20. The second kappa shape index (κ2) is 7.12. The van der Waals surface area contributed by atoms with Gasteiger partial charge in [0.2, 0.25) is 0 Å². The lowest BCUT2D eigenvalue weighted by Gasteiger charge is -2.19. The van der Waals surface area contributed by atoms with E-state index in [4.69, 9.17) is 10.5 Å². The summed E-state index contributed by atoms with van der Waals surface area (Å²) in [5, 5.41) is 0. The van der Waals surface area contributed by atoms with Crippen molar-refractivity contribution in [3.63, 3.8) is 0 Å². The minimum atomic E-state index is 0.795. The van der Waals surface area contributed by atoms with Crippen molar-refractivity contribution in [2.45, 2.75) is 19.3 Å². The van der Waals surface area contributed by atoms with Gasteiger partial charge in [-0.15, -0.1) is 0 Å². The molecule has 0 spiro atoms. The van der Waals surface area contributed by atoms with Gasteiger partial charge >= 0.3 is 0 Å². The van der Waals surface area contributed by atoms with Gasteiger partial charge in [0.15, 0.2) is 0 Å². The number of methoxy groups -OCH3 is 1. The van der Waals surface area contributed by atoms with Crippen LogP contribution in [0.4, 0.5) is 5.69 Å². The predicted octanol–water partition coefficient (Wildman–Crippen LogP) is 2.26. The van der Waals surface area contributed by atoms with E-state index in [9.17, 15) is 0 Å². The van der Waals surface area contributed by atoms with Crippen molar-refractivity contribution in [1.29, 1.82) is 0 Å². The number of nitrogens with two attached hydrogens (primary N) is 1. The monoisotopic (exact) mass is 222 g/mol. The molecule has 3 nitrogen and oxygen atoms in total. The summed E-state index contributed by atoms with van der Waals surface area (Å²) in [7, 11) is 3.80. The molecule has 0 aliphatic carbocycles. The smallest absolute Gasteiger partial charge is 0.120 e. The second-order valence-electron chi connectivity index (χ2n) is 3.97. The molecule has 0 aromatic heterocycles. The molecule has 1 aromatic carbocycles. The molecule has 1 rings (SSSR count). The maximum atomic E-state index is 5.46. The zero-order valence-corrected chi connectivity index (χ0v) is 10.3. The topological polar surface area (TPSA) is 38.5 Å². The molecule has 0 heterocycles. The fourth-order valence-electron chi connectivity index (χ4n) is 1.65. The van der Waals surface area contributed by atoms with E-state index in [-0.39, 0.29) is 0 Å². The molecule has 2 N–H and O–H groups in total. The SMILES string of the molecule is COc1cccc(N(C)CCCCCN)c1. The summed E-state index contributed by atoms with van der Waals surface area (Å²) in [5.41, 5.74) is 6.67. The molecule has 16 heavy (non-hydrogen) atoms. The van der Waals surface area contributed by atoms with Gasteiger partial charge < -0.3 is 15.4 Å². The van der Waals surface area contributed by atoms with Crippen LogP contribution >= 0.6 is 0 Å². The van der Waals surface area contributed by atoms with Crippen molar-refractivity contribution in [3.8, 4) is 5.75 Å². The maximum absolute atomic E-state index is 5.46. The van der Waals surface area contributed by atoms with Crippen molar-refractivity contribution < 1.29 is 4.74 Å². The number of anilines is 1. The molecule has 1 aromatic rings. The Balaban J connectivity index is 2.42. The van der Waals surface area contributed by atoms with Crippen molar-refractivity contribution >= 4 is 5.69 Å². The lowest BCUT2D eigenvalue weighted by molar-refractivity contribution is 0.415. The molecule has 90 valence electrons. The minimum absolute atomic E-state index is 0.795. The van der Waals surface area contributed by atoms with E-state index >= 15 is 0 Å². The zero-order chi connectivity index (χ0) is 11.8. The van der Waals surface area contributed by atoms with Gasteiger partial charge in [0, 0.05) is 25.3 Å². The molecule has 0 saturated heterocycles. The van der Waals surface area contributed by atoms with Gasteiger partial charge in [0.1, 0.15) is 5.75 Å². The van der Waals surface area contributed by atoms with Crippen LogP contribution in [-0.4, -0.2) is 27.2 Å². The molecular weight excluding hydrogens is 200 g/mol. The van der Waals surface area contributed by atoms with Crippen molar-refractivity contribution in [3.05, 3.63) is 24.3 Å². The van der Waals surface area contributed by atoms with Gasteiger partial charge in [-0.25, -0.2) is 0 Å². The van der Waals surface area contributed by atoms with Gasteiger partial charge in [-0.3, -0.25) is 0 Å². The van der Waals surface area contributed by atoms with Gasteiger partial charge in [-0.1, -0.05) is 12.5 Å². The standard InChI is InChI=1S/C13H22N2O/c1-15(10-5-3-4-9-14)12-7-6-8-13(11-12)16-2/h6-8,11H,3-5,9-10,14H2,1-2H3. The first kappa shape index (κ1) is 12.8. The summed E-state index contributed by atoms with van der Waals surface area (Å²) in [6.07, 6.45) is 3.50. The molecule has 0 amide bonds. The van der Waals surface area contributed by atoms with E-state index in [1.54, 1.807) is 7.11 Å². The van der Waals surface area contributed by atoms with Crippen LogP contribution in [0, 0.1) is 0 Å². The van der Waals surface area contributed by atoms with Crippen LogP contribution < -0.4 is 15.4 Å². The van der Waals surface area contributed by atoms with Crippen LogP contribution in [0.3, 0.4) is 0 Å². The lowest BCUT2D eigenvalue weighted by Crippen LogP contribution is -2.18. The van der Waals surface area contributed by atoms with Crippen LogP contribution in [-0.2, 0) is 0 Å². The van der Waals surface area contributed by atoms with Crippen molar-refractivity contribution in [2.75, 3.05) is 32.1 Å². The summed E-state index contributed by atoms with van der Waals surface area (Å²) in [6, 6.07) is 8.14. The van der Waals surface area contributed by atoms with Gasteiger partial charge in [-0.05, 0) is 31.5 Å². The maximum Gasteiger partial charge on any atom is 0.120 e. The number of benzene rings is 1. The lowest BCUT2D eigenvalue weighted by atomic mass is 10.2. The number of rotatable bonds is 7. The van der Waals surface area contributed by atoms with Crippen molar-refractivity contribution in [2.24, 2.45) is 5.73 Å². The molecule has 0 saturated carbocycles. The second-order valence-corrected chi connectivity index (χ2v) is 3.97. The first-order valence-corrected chi connectivity index (χ1v) is 5.83. The molecule has 0 unspecified atom stereocenters. The van der Waals surface area contributed by atoms with Crippen LogP contribution in [0.5, 0.6) is 5.75 Å². The van der Waals surface area contributed by atoms with Crippen LogP contribution in [0.1, 0.15) is 19.3 Å². The molecule has 0 aliphatic rings. The number of hydrogen-bond donors (Lipinski definition) is 1. The predicted molar refractivity (Wildman–Crippen MR) is 69.2 cm³/mol. The van der Waals surface area contributed by atoms with E-state index in [1.807, 2.05) is 12.1 Å². The van der Waals surface area contributed by atoms with Gasteiger partial charge in [0.05, 0.1) is 7.11 Å². The highest BCUT2D eigenvalue weighted by Gasteiger charge is 2.01. The Labute approximate surface area is 98.2 Å².